The number of thiazole rings is 1. The van der Waals surface area contributed by atoms with Gasteiger partial charge in [-0.1, -0.05) is 11.3 Å². The molecule has 5 nitrogen and oxygen atoms in total. The van der Waals surface area contributed by atoms with E-state index in [4.69, 9.17) is 0 Å². The van der Waals surface area contributed by atoms with Crippen molar-refractivity contribution in [2.75, 3.05) is 38.3 Å². The normalized spacial score (nSPS) is 11.5. The lowest BCUT2D eigenvalue weighted by Gasteiger charge is -2.22. The van der Waals surface area contributed by atoms with E-state index in [1.807, 2.05) is 37.4 Å². The number of hydrogen-bond acceptors (Lipinski definition) is 6. The van der Waals surface area contributed by atoms with E-state index in [1.54, 1.807) is 28.8 Å². The maximum atomic E-state index is 13.2. The van der Waals surface area contributed by atoms with Crippen LogP contribution in [0.2, 0.25) is 0 Å². The molecule has 11 heteroatoms. The molecule has 31 heavy (non-hydrogen) atoms. The molecule has 0 saturated heterocycles. The van der Waals surface area contributed by atoms with Gasteiger partial charge in [0.05, 0.1) is 10.2 Å². The number of benzene rings is 2. The van der Waals surface area contributed by atoms with Crippen LogP contribution >= 0.6 is 35.5 Å². The average Bonchev–Trinajstić information content (AvgIpc) is 3.09. The molecule has 0 saturated carbocycles. The Hall–Kier alpha value is -2.01. The van der Waals surface area contributed by atoms with Crippen LogP contribution in [0, 0.1) is 0 Å². The van der Waals surface area contributed by atoms with Crippen LogP contribution in [0.1, 0.15) is 10.4 Å². The van der Waals surface area contributed by atoms with E-state index < -0.39 is 6.36 Å². The summed E-state index contributed by atoms with van der Waals surface area (Å²) in [4.78, 5) is 22.2. The van der Waals surface area contributed by atoms with Crippen LogP contribution in [0.5, 0.6) is 5.75 Å². The van der Waals surface area contributed by atoms with Crippen molar-refractivity contribution in [2.45, 2.75) is 11.3 Å². The Balaban J connectivity index is 0.00000341. The van der Waals surface area contributed by atoms with Crippen molar-refractivity contribution in [2.24, 2.45) is 0 Å². The molecule has 0 N–H and O–H groups in total. The van der Waals surface area contributed by atoms with Crippen LogP contribution in [0.25, 0.3) is 10.2 Å². The molecule has 0 aliphatic rings. The van der Waals surface area contributed by atoms with Crippen molar-refractivity contribution < 1.29 is 22.7 Å². The van der Waals surface area contributed by atoms with Gasteiger partial charge < -0.3 is 9.64 Å². The quantitative estimate of drug-likeness (QED) is 0.406. The molecule has 0 bridgehead atoms. The second kappa shape index (κ2) is 10.5. The van der Waals surface area contributed by atoms with E-state index in [0.29, 0.717) is 34.0 Å². The first-order valence-electron chi connectivity index (χ1n) is 8.93. The standard InChI is InChI=1S/C20H20F3N3O2S2.ClH/c1-25(2)10-11-26(18(27)13-4-7-15(29-3)8-5-13)19-24-16-9-6-14(12-17(16)30-19)28-20(21,22)23;/h4-9,12H,10-11H2,1-3H3;1H. The molecule has 0 atom stereocenters. The summed E-state index contributed by atoms with van der Waals surface area (Å²) in [5.74, 6) is -0.528. The number of aromatic nitrogens is 1. The Bertz CT molecular complexity index is 1030. The first-order chi connectivity index (χ1) is 14.2. The van der Waals surface area contributed by atoms with Gasteiger partial charge >= 0.3 is 6.36 Å². The number of alkyl halides is 3. The molecule has 1 heterocycles. The molecule has 168 valence electrons. The van der Waals surface area contributed by atoms with Gasteiger partial charge in [0.15, 0.2) is 5.13 Å². The van der Waals surface area contributed by atoms with E-state index >= 15 is 0 Å². The highest BCUT2D eigenvalue weighted by Gasteiger charge is 2.31. The van der Waals surface area contributed by atoms with Crippen molar-refractivity contribution in [1.29, 1.82) is 0 Å². The fourth-order valence-corrected chi connectivity index (χ4v) is 4.11. The molecule has 0 unspecified atom stereocenters. The molecule has 0 aliphatic carbocycles. The van der Waals surface area contributed by atoms with Gasteiger partial charge in [0, 0.05) is 29.6 Å². The Labute approximate surface area is 192 Å². The predicted octanol–water partition coefficient (Wildman–Crippen LogP) is 5.55. The molecule has 3 rings (SSSR count). The lowest BCUT2D eigenvalue weighted by Crippen LogP contribution is -2.36. The predicted molar refractivity (Wildman–Crippen MR) is 122 cm³/mol. The number of halogens is 4. The van der Waals surface area contributed by atoms with Gasteiger partial charge in [-0.05, 0) is 56.7 Å². The molecule has 0 aliphatic heterocycles. The van der Waals surface area contributed by atoms with E-state index in [9.17, 15) is 18.0 Å². The Morgan fingerprint density at radius 1 is 1.13 bits per heavy atom. The number of carbonyl (C=O) groups is 1. The summed E-state index contributed by atoms with van der Waals surface area (Å²) in [5, 5.41) is 0.426. The van der Waals surface area contributed by atoms with Gasteiger partial charge in [0.25, 0.3) is 5.91 Å². The Kier molecular flexibility index (Phi) is 8.58. The van der Waals surface area contributed by atoms with Gasteiger partial charge in [0.1, 0.15) is 5.75 Å². The van der Waals surface area contributed by atoms with Crippen LogP contribution in [-0.2, 0) is 0 Å². The van der Waals surface area contributed by atoms with Gasteiger partial charge in [0.2, 0.25) is 0 Å². The van der Waals surface area contributed by atoms with Gasteiger partial charge in [-0.25, -0.2) is 4.98 Å². The highest BCUT2D eigenvalue weighted by Crippen LogP contribution is 2.34. The van der Waals surface area contributed by atoms with Crippen LogP contribution in [-0.4, -0.2) is 55.6 Å². The first-order valence-corrected chi connectivity index (χ1v) is 11.0. The van der Waals surface area contributed by atoms with Crippen molar-refractivity contribution >= 4 is 56.8 Å². The van der Waals surface area contributed by atoms with Crippen LogP contribution in [0.3, 0.4) is 0 Å². The third-order valence-electron chi connectivity index (χ3n) is 4.17. The summed E-state index contributed by atoms with van der Waals surface area (Å²) >= 11 is 2.73. The number of rotatable bonds is 7. The Morgan fingerprint density at radius 2 is 1.81 bits per heavy atom. The second-order valence-corrected chi connectivity index (χ2v) is 8.55. The molecule has 0 fully saturated rings. The van der Waals surface area contributed by atoms with E-state index in [-0.39, 0.29) is 24.1 Å². The van der Waals surface area contributed by atoms with Gasteiger partial charge in [-0.15, -0.1) is 37.3 Å². The number of carbonyl (C=O) groups excluding carboxylic acids is 1. The number of anilines is 1. The third-order valence-corrected chi connectivity index (χ3v) is 5.95. The minimum Gasteiger partial charge on any atom is -0.406 e. The highest BCUT2D eigenvalue weighted by atomic mass is 35.5. The van der Waals surface area contributed by atoms with Crippen LogP contribution in [0.15, 0.2) is 47.4 Å². The molecule has 0 radical (unpaired) electrons. The van der Waals surface area contributed by atoms with Crippen molar-refractivity contribution in [3.63, 3.8) is 0 Å². The van der Waals surface area contributed by atoms with Gasteiger partial charge in [-0.2, -0.15) is 0 Å². The lowest BCUT2D eigenvalue weighted by molar-refractivity contribution is -0.274. The summed E-state index contributed by atoms with van der Waals surface area (Å²) in [7, 11) is 3.80. The molecule has 2 aromatic carbocycles. The minimum atomic E-state index is -4.77. The van der Waals surface area contributed by atoms with Gasteiger partial charge in [-0.3, -0.25) is 9.69 Å². The molecule has 1 amide bonds. The van der Waals surface area contributed by atoms with E-state index in [1.165, 1.54) is 18.2 Å². The molecule has 1 aromatic heterocycles. The number of nitrogens with zero attached hydrogens (tertiary/aromatic N) is 3. The van der Waals surface area contributed by atoms with Crippen molar-refractivity contribution in [3.05, 3.63) is 48.0 Å². The number of ether oxygens (including phenoxy) is 1. The van der Waals surface area contributed by atoms with E-state index in [2.05, 4.69) is 9.72 Å². The summed E-state index contributed by atoms with van der Waals surface area (Å²) in [6.07, 6.45) is -2.81. The van der Waals surface area contributed by atoms with Crippen molar-refractivity contribution in [3.8, 4) is 5.75 Å². The maximum Gasteiger partial charge on any atom is 0.573 e. The number of hydrogen-bond donors (Lipinski definition) is 0. The molecule has 3 aromatic rings. The minimum absolute atomic E-state index is 0. The maximum absolute atomic E-state index is 13.2. The molecular formula is C20H21ClF3N3O2S2. The number of likely N-dealkylation sites (N-methyl/N-ethyl adjacent to an activating group) is 1. The summed E-state index contributed by atoms with van der Waals surface area (Å²) in [6.45, 7) is 0.995. The highest BCUT2D eigenvalue weighted by molar-refractivity contribution is 7.98. The Morgan fingerprint density at radius 3 is 2.39 bits per heavy atom. The SMILES string of the molecule is CSc1ccc(C(=O)N(CCN(C)C)c2nc3ccc(OC(F)(F)F)cc3s2)cc1.Cl. The first kappa shape index (κ1) is 25.3. The van der Waals surface area contributed by atoms with Crippen LogP contribution in [0.4, 0.5) is 18.3 Å². The lowest BCUT2D eigenvalue weighted by atomic mass is 10.2. The molecular weight excluding hydrogens is 471 g/mol. The summed E-state index contributed by atoms with van der Waals surface area (Å²) in [5.41, 5.74) is 1.02. The molecule has 0 spiro atoms. The average molecular weight is 492 g/mol. The third kappa shape index (κ3) is 6.73. The van der Waals surface area contributed by atoms with E-state index in [0.717, 1.165) is 16.2 Å². The fourth-order valence-electron chi connectivity index (χ4n) is 2.68. The van der Waals surface area contributed by atoms with Crippen LogP contribution < -0.4 is 9.64 Å². The number of thioether (sulfide) groups is 1. The monoisotopic (exact) mass is 491 g/mol. The zero-order valence-corrected chi connectivity index (χ0v) is 19.4. The summed E-state index contributed by atoms with van der Waals surface area (Å²) in [6, 6.07) is 11.2. The zero-order chi connectivity index (χ0) is 21.9. The summed E-state index contributed by atoms with van der Waals surface area (Å²) < 4.78 is 42.0. The zero-order valence-electron chi connectivity index (χ0n) is 17.0. The smallest absolute Gasteiger partial charge is 0.406 e. The van der Waals surface area contributed by atoms with Crippen molar-refractivity contribution in [1.82, 2.24) is 9.88 Å². The largest absolute Gasteiger partial charge is 0.573 e. The number of fused-ring (bicyclic) bond motifs is 1. The fraction of sp³-hybridized carbons (Fsp3) is 0.300. The number of amides is 1. The second-order valence-electron chi connectivity index (χ2n) is 6.66. The topological polar surface area (TPSA) is 45.7 Å².